The largest absolute Gasteiger partial charge is 0.426 e. The molecule has 1 rings (SSSR count). The summed E-state index contributed by atoms with van der Waals surface area (Å²) in [6.45, 7) is 5.78. The molecule has 0 saturated heterocycles. The summed E-state index contributed by atoms with van der Waals surface area (Å²) in [7, 11) is 0. The number of carbonyl (C=O) groups excluding carboxylic acids is 1. The Kier molecular flexibility index (Phi) is 5.47. The van der Waals surface area contributed by atoms with E-state index in [9.17, 15) is 4.79 Å². The third-order valence-corrected chi connectivity index (χ3v) is 2.52. The summed E-state index contributed by atoms with van der Waals surface area (Å²) in [6, 6.07) is 7.57. The van der Waals surface area contributed by atoms with E-state index in [1.54, 1.807) is 0 Å². The second-order valence-corrected chi connectivity index (χ2v) is 4.26. The summed E-state index contributed by atoms with van der Waals surface area (Å²) in [5.74, 6) is 0.887. The Labute approximate surface area is 103 Å². The van der Waals surface area contributed by atoms with Gasteiger partial charge in [0.1, 0.15) is 5.75 Å². The normalized spacial score (nSPS) is 12.6. The Morgan fingerprint density at radius 3 is 2.76 bits per heavy atom. The predicted octanol–water partition coefficient (Wildman–Crippen LogP) is 4.06. The molecule has 2 nitrogen and oxygen atoms in total. The second-order valence-electron chi connectivity index (χ2n) is 4.26. The fourth-order valence-electron chi connectivity index (χ4n) is 1.69. The first-order valence-electron chi connectivity index (χ1n) is 6.09. The topological polar surface area (TPSA) is 26.3 Å². The monoisotopic (exact) mass is 232 g/mol. The molecule has 1 aromatic carbocycles. The van der Waals surface area contributed by atoms with Gasteiger partial charge in [-0.3, -0.25) is 4.79 Å². The van der Waals surface area contributed by atoms with E-state index in [-0.39, 0.29) is 5.97 Å². The summed E-state index contributed by atoms with van der Waals surface area (Å²) >= 11 is 0. The fraction of sp³-hybridized carbons (Fsp3) is 0.400. The molecule has 0 aliphatic rings. The molecule has 0 aliphatic heterocycles. The third-order valence-electron chi connectivity index (χ3n) is 2.52. The van der Waals surface area contributed by atoms with E-state index >= 15 is 0 Å². The van der Waals surface area contributed by atoms with Crippen LogP contribution in [0, 0.1) is 5.92 Å². The number of hydrogen-bond acceptors (Lipinski definition) is 2. The summed E-state index contributed by atoms with van der Waals surface area (Å²) < 4.78 is 5.15. The molecular weight excluding hydrogens is 212 g/mol. The lowest BCUT2D eigenvalue weighted by atomic mass is 10.0. The van der Waals surface area contributed by atoms with Crippen LogP contribution in [0.4, 0.5) is 0 Å². The molecular formula is C15H20O2. The van der Waals surface area contributed by atoms with Gasteiger partial charge >= 0.3 is 5.97 Å². The van der Waals surface area contributed by atoms with Crippen molar-refractivity contribution < 1.29 is 9.53 Å². The van der Waals surface area contributed by atoms with Gasteiger partial charge in [0.05, 0.1) is 0 Å². The van der Waals surface area contributed by atoms with Crippen LogP contribution in [0.5, 0.6) is 5.75 Å². The first-order chi connectivity index (χ1) is 8.13. The molecule has 92 valence electrons. The van der Waals surface area contributed by atoms with Gasteiger partial charge in [0.25, 0.3) is 0 Å². The SMILES string of the molecule is CCCC(C)C=Cc1ccccc1OC(C)=O. The summed E-state index contributed by atoms with van der Waals surface area (Å²) in [4.78, 5) is 11.0. The van der Waals surface area contributed by atoms with Crippen LogP contribution in [0.1, 0.15) is 39.2 Å². The lowest BCUT2D eigenvalue weighted by Gasteiger charge is -2.06. The Morgan fingerprint density at radius 1 is 1.41 bits per heavy atom. The van der Waals surface area contributed by atoms with Gasteiger partial charge in [0.2, 0.25) is 0 Å². The van der Waals surface area contributed by atoms with E-state index in [0.29, 0.717) is 11.7 Å². The van der Waals surface area contributed by atoms with Crippen molar-refractivity contribution >= 4 is 12.0 Å². The third kappa shape index (κ3) is 4.85. The minimum Gasteiger partial charge on any atom is -0.426 e. The van der Waals surface area contributed by atoms with Crippen molar-refractivity contribution in [2.45, 2.75) is 33.6 Å². The van der Waals surface area contributed by atoms with Crippen molar-refractivity contribution in [2.75, 3.05) is 0 Å². The Balaban J connectivity index is 2.79. The number of benzene rings is 1. The van der Waals surface area contributed by atoms with Gasteiger partial charge in [-0.2, -0.15) is 0 Å². The molecule has 0 aliphatic carbocycles. The van der Waals surface area contributed by atoms with E-state index in [4.69, 9.17) is 4.74 Å². The Hall–Kier alpha value is -1.57. The van der Waals surface area contributed by atoms with Gasteiger partial charge in [-0.15, -0.1) is 0 Å². The Morgan fingerprint density at radius 2 is 2.12 bits per heavy atom. The standard InChI is InChI=1S/C15H20O2/c1-4-7-12(2)10-11-14-8-5-6-9-15(14)17-13(3)16/h5-6,8-12H,4,7H2,1-3H3. The number of para-hydroxylation sites is 1. The number of esters is 1. The zero-order valence-corrected chi connectivity index (χ0v) is 10.8. The van der Waals surface area contributed by atoms with Gasteiger partial charge in [-0.1, -0.05) is 50.6 Å². The average molecular weight is 232 g/mol. The van der Waals surface area contributed by atoms with E-state index in [0.717, 1.165) is 5.56 Å². The van der Waals surface area contributed by atoms with Crippen molar-refractivity contribution in [1.82, 2.24) is 0 Å². The minimum atomic E-state index is -0.285. The Bertz CT molecular complexity index is 394. The molecule has 0 aromatic heterocycles. The van der Waals surface area contributed by atoms with Crippen LogP contribution in [0.15, 0.2) is 30.3 Å². The molecule has 0 spiro atoms. The highest BCUT2D eigenvalue weighted by Gasteiger charge is 2.03. The molecule has 0 saturated carbocycles. The molecule has 0 amide bonds. The number of hydrogen-bond donors (Lipinski definition) is 0. The summed E-state index contributed by atoms with van der Waals surface area (Å²) in [6.07, 6.45) is 6.54. The zero-order chi connectivity index (χ0) is 12.7. The van der Waals surface area contributed by atoms with Crippen LogP contribution in [0.25, 0.3) is 6.08 Å². The van der Waals surface area contributed by atoms with Crippen LogP contribution in [-0.2, 0) is 4.79 Å². The van der Waals surface area contributed by atoms with E-state index < -0.39 is 0 Å². The van der Waals surface area contributed by atoms with Crippen LogP contribution in [0.2, 0.25) is 0 Å². The van der Waals surface area contributed by atoms with Gasteiger partial charge in [0.15, 0.2) is 0 Å². The molecule has 1 aromatic rings. The summed E-state index contributed by atoms with van der Waals surface area (Å²) in [5, 5.41) is 0. The molecule has 1 unspecified atom stereocenters. The molecule has 0 N–H and O–H groups in total. The molecule has 0 fully saturated rings. The maximum absolute atomic E-state index is 11.0. The molecule has 0 heterocycles. The van der Waals surface area contributed by atoms with Crippen LogP contribution in [0.3, 0.4) is 0 Å². The fourth-order valence-corrected chi connectivity index (χ4v) is 1.69. The van der Waals surface area contributed by atoms with Crippen molar-refractivity contribution in [1.29, 1.82) is 0 Å². The predicted molar refractivity (Wildman–Crippen MR) is 70.9 cm³/mol. The molecule has 0 bridgehead atoms. The molecule has 17 heavy (non-hydrogen) atoms. The number of ether oxygens (including phenoxy) is 1. The van der Waals surface area contributed by atoms with E-state index in [2.05, 4.69) is 19.9 Å². The van der Waals surface area contributed by atoms with Crippen molar-refractivity contribution in [3.8, 4) is 5.75 Å². The number of rotatable bonds is 5. The van der Waals surface area contributed by atoms with Crippen LogP contribution in [-0.4, -0.2) is 5.97 Å². The van der Waals surface area contributed by atoms with Crippen LogP contribution < -0.4 is 4.74 Å². The van der Waals surface area contributed by atoms with Gasteiger partial charge in [-0.25, -0.2) is 0 Å². The lowest BCUT2D eigenvalue weighted by molar-refractivity contribution is -0.131. The highest BCUT2D eigenvalue weighted by molar-refractivity contribution is 5.71. The first-order valence-corrected chi connectivity index (χ1v) is 6.09. The van der Waals surface area contributed by atoms with Crippen molar-refractivity contribution in [3.05, 3.63) is 35.9 Å². The van der Waals surface area contributed by atoms with Gasteiger partial charge < -0.3 is 4.74 Å². The minimum absolute atomic E-state index is 0.285. The first kappa shape index (κ1) is 13.5. The average Bonchev–Trinajstić information content (AvgIpc) is 2.27. The van der Waals surface area contributed by atoms with Crippen molar-refractivity contribution in [3.63, 3.8) is 0 Å². The van der Waals surface area contributed by atoms with Gasteiger partial charge in [0, 0.05) is 12.5 Å². The maximum atomic E-state index is 11.0. The quantitative estimate of drug-likeness (QED) is 0.565. The molecule has 0 radical (unpaired) electrons. The highest BCUT2D eigenvalue weighted by Crippen LogP contribution is 2.21. The second kappa shape index (κ2) is 6.89. The smallest absolute Gasteiger partial charge is 0.308 e. The van der Waals surface area contributed by atoms with Crippen LogP contribution >= 0.6 is 0 Å². The lowest BCUT2D eigenvalue weighted by Crippen LogP contribution is -2.02. The highest BCUT2D eigenvalue weighted by atomic mass is 16.5. The summed E-state index contributed by atoms with van der Waals surface area (Å²) in [5.41, 5.74) is 0.950. The zero-order valence-electron chi connectivity index (χ0n) is 10.8. The molecule has 2 heteroatoms. The van der Waals surface area contributed by atoms with E-state index in [1.165, 1.54) is 19.8 Å². The maximum Gasteiger partial charge on any atom is 0.308 e. The molecule has 1 atom stereocenters. The van der Waals surface area contributed by atoms with Crippen molar-refractivity contribution in [2.24, 2.45) is 5.92 Å². The number of allylic oxidation sites excluding steroid dienone is 1. The number of carbonyl (C=O) groups is 1. The van der Waals surface area contributed by atoms with Gasteiger partial charge in [-0.05, 0) is 18.4 Å². The van der Waals surface area contributed by atoms with E-state index in [1.807, 2.05) is 30.3 Å².